The van der Waals surface area contributed by atoms with E-state index in [0.29, 0.717) is 12.4 Å². The van der Waals surface area contributed by atoms with Crippen LogP contribution in [-0.2, 0) is 18.3 Å². The third-order valence-electron chi connectivity index (χ3n) is 5.30. The molecular formula is C21H32N3O6P. The Morgan fingerprint density at radius 3 is 2.71 bits per heavy atom. The molecule has 2 aromatic rings. The van der Waals surface area contributed by atoms with Crippen molar-refractivity contribution in [1.82, 2.24) is 9.97 Å². The van der Waals surface area contributed by atoms with E-state index < -0.39 is 20.0 Å². The molecule has 0 radical (unpaired) electrons. The predicted octanol–water partition coefficient (Wildman–Crippen LogP) is 3.46. The van der Waals surface area contributed by atoms with Gasteiger partial charge in [-0.25, -0.2) is 9.97 Å². The van der Waals surface area contributed by atoms with Gasteiger partial charge in [0, 0.05) is 18.5 Å². The van der Waals surface area contributed by atoms with Gasteiger partial charge in [0.2, 0.25) is 0 Å². The predicted molar refractivity (Wildman–Crippen MR) is 119 cm³/mol. The number of hydrogen-bond donors (Lipinski definition) is 1. The molecular weight excluding hydrogens is 421 g/mol. The Morgan fingerprint density at radius 2 is 2.03 bits per heavy atom. The SMILES string of the molecule is CCOP(=O)(OCC)C(CO)OCC1CCCN(c2ncnc3c(OC)cccc23)C1. The summed E-state index contributed by atoms with van der Waals surface area (Å²) in [6.45, 7) is 5.44. The molecule has 0 saturated carbocycles. The zero-order valence-electron chi connectivity index (χ0n) is 18.4. The van der Waals surface area contributed by atoms with Crippen LogP contribution in [0.2, 0.25) is 0 Å². The molecule has 1 N–H and O–H groups in total. The highest BCUT2D eigenvalue weighted by Crippen LogP contribution is 2.53. The molecule has 1 aliphatic rings. The first-order valence-corrected chi connectivity index (χ1v) is 12.3. The van der Waals surface area contributed by atoms with Crippen LogP contribution in [0.3, 0.4) is 0 Å². The highest BCUT2D eigenvalue weighted by molar-refractivity contribution is 7.54. The maximum atomic E-state index is 12.9. The molecule has 31 heavy (non-hydrogen) atoms. The Kier molecular flexibility index (Phi) is 8.63. The molecule has 0 aliphatic carbocycles. The number of piperidine rings is 1. The standard InChI is InChI=1S/C21H32N3O6P/c1-4-29-31(26,30-5-2)19(13-25)28-14-16-8-7-11-24(12-16)21-17-9-6-10-18(27-3)20(17)22-15-23-21/h6,9-10,15-16,19,25H,4-5,7-8,11-14H2,1-3H3. The van der Waals surface area contributed by atoms with Crippen LogP contribution in [0.5, 0.6) is 5.75 Å². The van der Waals surface area contributed by atoms with Gasteiger partial charge in [-0.05, 0) is 44.7 Å². The summed E-state index contributed by atoms with van der Waals surface area (Å²) in [5.41, 5.74) is 0.781. The summed E-state index contributed by atoms with van der Waals surface area (Å²) >= 11 is 0. The summed E-state index contributed by atoms with van der Waals surface area (Å²) in [4.78, 5) is 11.1. The van der Waals surface area contributed by atoms with E-state index in [1.54, 1.807) is 27.3 Å². The highest BCUT2D eigenvalue weighted by atomic mass is 31.2. The number of aromatic nitrogens is 2. The number of anilines is 1. The van der Waals surface area contributed by atoms with Crippen LogP contribution in [0.4, 0.5) is 5.82 Å². The van der Waals surface area contributed by atoms with Crippen LogP contribution < -0.4 is 9.64 Å². The van der Waals surface area contributed by atoms with Crippen molar-refractivity contribution in [1.29, 1.82) is 0 Å². The molecule has 0 amide bonds. The van der Waals surface area contributed by atoms with E-state index in [9.17, 15) is 9.67 Å². The van der Waals surface area contributed by atoms with E-state index in [1.807, 2.05) is 18.2 Å². The van der Waals surface area contributed by atoms with Gasteiger partial charge in [0.1, 0.15) is 23.4 Å². The fourth-order valence-electron chi connectivity index (χ4n) is 3.91. The van der Waals surface area contributed by atoms with Gasteiger partial charge >= 0.3 is 7.60 Å². The number of aliphatic hydroxyl groups is 1. The molecule has 1 aliphatic heterocycles. The van der Waals surface area contributed by atoms with Gasteiger partial charge in [-0.15, -0.1) is 0 Å². The molecule has 172 valence electrons. The van der Waals surface area contributed by atoms with E-state index in [2.05, 4.69) is 14.9 Å². The first kappa shape index (κ1) is 23.9. The van der Waals surface area contributed by atoms with Crippen LogP contribution >= 0.6 is 7.60 Å². The molecule has 1 saturated heterocycles. The quantitative estimate of drug-likeness (QED) is 0.512. The Bertz CT molecular complexity index is 889. The second kappa shape index (κ2) is 11.2. The van der Waals surface area contributed by atoms with Crippen molar-refractivity contribution in [2.45, 2.75) is 32.5 Å². The minimum absolute atomic E-state index is 0.190. The minimum atomic E-state index is -3.53. The molecule has 0 spiro atoms. The summed E-state index contributed by atoms with van der Waals surface area (Å²) in [6.07, 6.45) is 3.50. The number of fused-ring (bicyclic) bond motifs is 1. The summed E-state index contributed by atoms with van der Waals surface area (Å²) in [5.74, 6) is 0.773. The number of nitrogens with zero attached hydrogens (tertiary/aromatic N) is 3. The lowest BCUT2D eigenvalue weighted by Crippen LogP contribution is -2.38. The molecule has 2 atom stereocenters. The molecule has 9 nitrogen and oxygen atoms in total. The molecule has 10 heteroatoms. The average molecular weight is 453 g/mol. The van der Waals surface area contributed by atoms with Gasteiger partial charge < -0.3 is 28.5 Å². The second-order valence-corrected chi connectivity index (χ2v) is 9.53. The zero-order valence-corrected chi connectivity index (χ0v) is 19.3. The lowest BCUT2D eigenvalue weighted by molar-refractivity contribution is 0.0157. The van der Waals surface area contributed by atoms with E-state index >= 15 is 0 Å². The topological polar surface area (TPSA) is 103 Å². The average Bonchev–Trinajstić information content (AvgIpc) is 2.79. The van der Waals surface area contributed by atoms with Gasteiger partial charge in [0.15, 0.2) is 5.85 Å². The summed E-state index contributed by atoms with van der Waals surface area (Å²) in [6, 6.07) is 5.81. The van der Waals surface area contributed by atoms with Crippen LogP contribution in [-0.4, -0.2) is 67.5 Å². The van der Waals surface area contributed by atoms with Gasteiger partial charge in [-0.2, -0.15) is 0 Å². The molecule has 1 aromatic heterocycles. The lowest BCUT2D eigenvalue weighted by Gasteiger charge is -2.35. The fourth-order valence-corrected chi connectivity index (χ4v) is 5.51. The Hall–Kier alpha value is -1.77. The summed E-state index contributed by atoms with van der Waals surface area (Å²) < 4.78 is 34.9. The lowest BCUT2D eigenvalue weighted by atomic mass is 9.98. The smallest absolute Gasteiger partial charge is 0.361 e. The van der Waals surface area contributed by atoms with Crippen LogP contribution in [0, 0.1) is 5.92 Å². The number of aliphatic hydroxyl groups excluding tert-OH is 1. The van der Waals surface area contributed by atoms with Gasteiger partial charge in [0.25, 0.3) is 0 Å². The monoisotopic (exact) mass is 453 g/mol. The summed E-state index contributed by atoms with van der Waals surface area (Å²) in [7, 11) is -1.90. The molecule has 2 heterocycles. The second-order valence-electron chi connectivity index (χ2n) is 7.35. The van der Waals surface area contributed by atoms with Crippen molar-refractivity contribution in [2.24, 2.45) is 5.92 Å². The van der Waals surface area contributed by atoms with Crippen molar-refractivity contribution >= 4 is 24.3 Å². The Balaban J connectivity index is 1.71. The van der Waals surface area contributed by atoms with E-state index in [1.165, 1.54) is 0 Å². The molecule has 2 unspecified atom stereocenters. The van der Waals surface area contributed by atoms with Crippen molar-refractivity contribution in [3.63, 3.8) is 0 Å². The maximum Gasteiger partial charge on any atom is 0.361 e. The first-order valence-electron chi connectivity index (χ1n) is 10.7. The van der Waals surface area contributed by atoms with E-state index in [-0.39, 0.29) is 19.1 Å². The number of para-hydroxylation sites is 1. The Morgan fingerprint density at radius 1 is 1.26 bits per heavy atom. The zero-order chi connectivity index (χ0) is 22.3. The maximum absolute atomic E-state index is 12.9. The number of benzene rings is 1. The van der Waals surface area contributed by atoms with Crippen molar-refractivity contribution in [2.75, 3.05) is 51.5 Å². The minimum Gasteiger partial charge on any atom is -0.494 e. The molecule has 1 fully saturated rings. The van der Waals surface area contributed by atoms with Gasteiger partial charge in [0.05, 0.1) is 33.5 Å². The van der Waals surface area contributed by atoms with E-state index in [4.69, 9.17) is 18.5 Å². The molecule has 0 bridgehead atoms. The number of rotatable bonds is 11. The molecule has 1 aromatic carbocycles. The van der Waals surface area contributed by atoms with Crippen LogP contribution in [0.15, 0.2) is 24.5 Å². The molecule has 3 rings (SSSR count). The summed E-state index contributed by atoms with van der Waals surface area (Å²) in [5, 5.41) is 10.7. The largest absolute Gasteiger partial charge is 0.494 e. The third kappa shape index (κ3) is 5.54. The number of methoxy groups -OCH3 is 1. The number of hydrogen-bond acceptors (Lipinski definition) is 9. The van der Waals surface area contributed by atoms with E-state index in [0.717, 1.165) is 42.7 Å². The van der Waals surface area contributed by atoms with Crippen molar-refractivity contribution < 1.29 is 28.2 Å². The fraction of sp³-hybridized carbons (Fsp3) is 0.619. The third-order valence-corrected chi connectivity index (χ3v) is 7.55. The van der Waals surface area contributed by atoms with Crippen molar-refractivity contribution in [3.8, 4) is 5.75 Å². The highest BCUT2D eigenvalue weighted by Gasteiger charge is 2.37. The Labute approximate surface area is 183 Å². The van der Waals surface area contributed by atoms with Crippen LogP contribution in [0.25, 0.3) is 10.9 Å². The number of ether oxygens (including phenoxy) is 2. The van der Waals surface area contributed by atoms with Crippen molar-refractivity contribution in [3.05, 3.63) is 24.5 Å². The first-order chi connectivity index (χ1) is 15.1. The van der Waals surface area contributed by atoms with Gasteiger partial charge in [-0.1, -0.05) is 6.07 Å². The van der Waals surface area contributed by atoms with Crippen LogP contribution in [0.1, 0.15) is 26.7 Å². The van der Waals surface area contributed by atoms with Gasteiger partial charge in [-0.3, -0.25) is 4.57 Å². The normalized spacial score (nSPS) is 18.3.